The van der Waals surface area contributed by atoms with Crippen molar-refractivity contribution in [2.75, 3.05) is 5.32 Å². The number of aliphatic hydroxyl groups excluding tert-OH is 3. The summed E-state index contributed by atoms with van der Waals surface area (Å²) in [6.45, 7) is 1.63. The number of primary amides is 1. The number of nitrogens with two attached hydrogens (primary N) is 1. The molecule has 1 aromatic heterocycles. The van der Waals surface area contributed by atoms with E-state index >= 15 is 0 Å². The van der Waals surface area contributed by atoms with Crippen LogP contribution in [0.4, 0.5) is 16.5 Å². The van der Waals surface area contributed by atoms with Crippen LogP contribution >= 0.6 is 11.3 Å². The molecule has 1 amide bonds. The lowest BCUT2D eigenvalue weighted by atomic mass is 9.55. The number of non-ortho nitro benzene ring substituents is 1. The summed E-state index contributed by atoms with van der Waals surface area (Å²) in [7, 11) is 0. The fourth-order valence-electron chi connectivity index (χ4n) is 6.46. The second kappa shape index (κ2) is 9.97. The molecule has 14 nitrogen and oxygen atoms in total. The first kappa shape index (κ1) is 29.0. The van der Waals surface area contributed by atoms with Gasteiger partial charge in [-0.05, 0) is 17.5 Å². The van der Waals surface area contributed by atoms with E-state index < -0.39 is 86.7 Å². The van der Waals surface area contributed by atoms with Crippen LogP contribution in [-0.4, -0.2) is 64.6 Å². The number of fused-ring (bicyclic) bond motifs is 3. The number of hydrogen-bond acceptors (Lipinski definition) is 13. The minimum atomic E-state index is -2.93. The summed E-state index contributed by atoms with van der Waals surface area (Å²) >= 11 is 1.14. The second-order valence-electron chi connectivity index (χ2n) is 10.9. The summed E-state index contributed by atoms with van der Waals surface area (Å²) in [5.41, 5.74) is 1.90. The van der Waals surface area contributed by atoms with Gasteiger partial charge in [0.25, 0.3) is 11.6 Å². The highest BCUT2D eigenvalue weighted by Gasteiger charge is 2.64. The molecule has 15 heteroatoms. The highest BCUT2D eigenvalue weighted by Crippen LogP contribution is 2.56. The number of ketones is 2. The van der Waals surface area contributed by atoms with E-state index in [1.54, 1.807) is 24.4 Å². The van der Waals surface area contributed by atoms with Crippen molar-refractivity contribution in [3.8, 4) is 17.0 Å². The predicted molar refractivity (Wildman–Crippen MR) is 155 cm³/mol. The number of thiazole rings is 1. The third-order valence-electron chi connectivity index (χ3n) is 8.60. The first-order chi connectivity index (χ1) is 20.8. The standard InChI is InChI=1S/C29H24N4O10S/c1-10-13-5-6-15(31-28-32-16(9-44-28)11-3-2-4-12(7-11)33(42)43)23(36)19(13)24(37)21-18(10)22(35)14-8-17(34)20(27(30)40)25(38)29(14,41)26(21)39/h2-7,9-10,14,18,22,35-38,41H,8H2,1H3,(H2,30,40)(H,31,32). The zero-order valence-electron chi connectivity index (χ0n) is 22.7. The third-order valence-corrected chi connectivity index (χ3v) is 9.36. The van der Waals surface area contributed by atoms with Gasteiger partial charge in [0.15, 0.2) is 16.5 Å². The Morgan fingerprint density at radius 3 is 2.61 bits per heavy atom. The molecule has 1 saturated carbocycles. The van der Waals surface area contributed by atoms with Gasteiger partial charge in [0.2, 0.25) is 5.78 Å². The number of carbonyl (C=O) groups is 3. The molecule has 3 aliphatic rings. The Morgan fingerprint density at radius 2 is 1.93 bits per heavy atom. The first-order valence-corrected chi connectivity index (χ1v) is 14.1. The molecule has 0 aliphatic heterocycles. The summed E-state index contributed by atoms with van der Waals surface area (Å²) < 4.78 is 0. The number of hydrogen-bond donors (Lipinski definition) is 7. The van der Waals surface area contributed by atoms with Crippen LogP contribution in [-0.2, 0) is 14.4 Å². The summed E-state index contributed by atoms with van der Waals surface area (Å²) in [4.78, 5) is 53.3. The summed E-state index contributed by atoms with van der Waals surface area (Å²) in [5, 5.41) is 72.2. The average molecular weight is 621 g/mol. The molecule has 8 N–H and O–H groups in total. The van der Waals surface area contributed by atoms with Crippen LogP contribution in [0.5, 0.6) is 5.75 Å². The van der Waals surface area contributed by atoms with E-state index in [4.69, 9.17) is 5.73 Å². The van der Waals surface area contributed by atoms with E-state index in [-0.39, 0.29) is 22.1 Å². The molecule has 1 heterocycles. The van der Waals surface area contributed by atoms with Crippen LogP contribution in [0.15, 0.2) is 58.7 Å². The van der Waals surface area contributed by atoms with E-state index in [0.717, 1.165) is 11.3 Å². The van der Waals surface area contributed by atoms with Gasteiger partial charge in [0.05, 0.1) is 28.0 Å². The quantitative estimate of drug-likeness (QED) is 0.0942. The van der Waals surface area contributed by atoms with Crippen molar-refractivity contribution in [2.24, 2.45) is 17.6 Å². The lowest BCUT2D eigenvalue weighted by Crippen LogP contribution is -2.63. The van der Waals surface area contributed by atoms with Gasteiger partial charge in [-0.15, -0.1) is 11.3 Å². The number of rotatable bonds is 5. The maximum absolute atomic E-state index is 13.8. The molecule has 226 valence electrons. The van der Waals surface area contributed by atoms with Crippen LogP contribution in [0.3, 0.4) is 0 Å². The van der Waals surface area contributed by atoms with Crippen LogP contribution in [0.1, 0.15) is 30.4 Å². The molecule has 3 aromatic rings. The number of benzene rings is 2. The Bertz CT molecular complexity index is 1880. The highest BCUT2D eigenvalue weighted by atomic mass is 32.1. The zero-order chi connectivity index (χ0) is 31.8. The van der Waals surface area contributed by atoms with Crippen LogP contribution in [0.2, 0.25) is 0 Å². The Kier molecular flexibility index (Phi) is 6.57. The molecule has 6 rings (SSSR count). The lowest BCUT2D eigenvalue weighted by molar-refractivity contribution is -0.384. The van der Waals surface area contributed by atoms with Gasteiger partial charge in [0, 0.05) is 46.9 Å². The summed E-state index contributed by atoms with van der Waals surface area (Å²) in [5.74, 6) is -9.49. The van der Waals surface area contributed by atoms with Crippen LogP contribution in [0, 0.1) is 22.0 Å². The number of aliphatic hydroxyl groups is 4. The molecule has 3 aliphatic carbocycles. The number of phenolic OH excluding ortho intramolecular Hbond substituents is 1. The van der Waals surface area contributed by atoms with Gasteiger partial charge in [-0.3, -0.25) is 24.5 Å². The fourth-order valence-corrected chi connectivity index (χ4v) is 7.19. The lowest BCUT2D eigenvalue weighted by Gasteiger charge is -2.50. The van der Waals surface area contributed by atoms with Gasteiger partial charge in [-0.25, -0.2) is 4.98 Å². The summed E-state index contributed by atoms with van der Waals surface area (Å²) in [6.07, 6.45) is -2.28. The molecule has 0 spiro atoms. The minimum absolute atomic E-state index is 0.0731. The number of nitrogens with zero attached hydrogens (tertiary/aromatic N) is 2. The number of carbonyl (C=O) groups excluding carboxylic acids is 3. The number of phenols is 1. The molecule has 0 radical (unpaired) electrons. The minimum Gasteiger partial charge on any atom is -0.508 e. The second-order valence-corrected chi connectivity index (χ2v) is 11.7. The Morgan fingerprint density at radius 1 is 1.20 bits per heavy atom. The molecule has 0 bridgehead atoms. The SMILES string of the molecule is CC1c2ccc(Nc3nc(-c4cccc([N+](=O)[O-])c4)cs3)c(O)c2C(O)=C2C(=O)C3(O)C(O)=C(C(N)=O)C(=O)CC3C(O)C21. The van der Waals surface area contributed by atoms with Crippen molar-refractivity contribution in [3.63, 3.8) is 0 Å². The van der Waals surface area contributed by atoms with E-state index in [1.807, 2.05) is 0 Å². The number of aromatic nitrogens is 1. The normalized spacial score (nSPS) is 26.2. The molecular formula is C29H24N4O10S. The van der Waals surface area contributed by atoms with Gasteiger partial charge in [0.1, 0.15) is 22.8 Å². The summed E-state index contributed by atoms with van der Waals surface area (Å²) in [6, 6.07) is 8.97. The number of nitro benzene ring substituents is 1. The topological polar surface area (TPSA) is 246 Å². The number of anilines is 2. The van der Waals surface area contributed by atoms with Crippen molar-refractivity contribution in [1.82, 2.24) is 4.98 Å². The first-order valence-electron chi connectivity index (χ1n) is 13.3. The van der Waals surface area contributed by atoms with Crippen LogP contribution in [0.25, 0.3) is 17.0 Å². The van der Waals surface area contributed by atoms with Crippen molar-refractivity contribution in [3.05, 3.63) is 79.9 Å². The molecular weight excluding hydrogens is 596 g/mol. The van der Waals surface area contributed by atoms with Gasteiger partial charge in [-0.1, -0.05) is 25.1 Å². The number of nitro groups is 1. The fraction of sp³-hybridized carbons (Fsp3) is 0.241. The number of nitrogens with one attached hydrogen (secondary N) is 1. The molecule has 5 atom stereocenters. The largest absolute Gasteiger partial charge is 0.508 e. The van der Waals surface area contributed by atoms with Crippen molar-refractivity contribution in [1.29, 1.82) is 0 Å². The molecule has 0 saturated heterocycles. The van der Waals surface area contributed by atoms with E-state index in [1.165, 1.54) is 24.3 Å². The average Bonchev–Trinajstić information content (AvgIpc) is 3.45. The Hall–Kier alpha value is -5.12. The smallest absolute Gasteiger partial charge is 0.270 e. The van der Waals surface area contributed by atoms with Crippen molar-refractivity contribution >= 4 is 51.1 Å². The molecule has 44 heavy (non-hydrogen) atoms. The van der Waals surface area contributed by atoms with Gasteiger partial charge < -0.3 is 36.6 Å². The molecule has 2 aromatic carbocycles. The number of aromatic hydroxyl groups is 1. The van der Waals surface area contributed by atoms with Crippen molar-refractivity contribution < 1.29 is 44.8 Å². The van der Waals surface area contributed by atoms with E-state index in [2.05, 4.69) is 10.3 Å². The van der Waals surface area contributed by atoms with Gasteiger partial charge >= 0.3 is 0 Å². The third kappa shape index (κ3) is 4.00. The monoisotopic (exact) mass is 620 g/mol. The maximum atomic E-state index is 13.8. The van der Waals surface area contributed by atoms with E-state index in [9.17, 15) is 50.0 Å². The van der Waals surface area contributed by atoms with Crippen LogP contribution < -0.4 is 11.1 Å². The predicted octanol–water partition coefficient (Wildman–Crippen LogP) is 2.73. The number of amides is 1. The molecule has 1 fully saturated rings. The number of Topliss-reactive ketones (excluding diaryl/α,β-unsaturated/α-hetero) is 2. The highest BCUT2D eigenvalue weighted by molar-refractivity contribution is 7.14. The Balaban J connectivity index is 1.41. The van der Waals surface area contributed by atoms with Gasteiger partial charge in [-0.2, -0.15) is 0 Å². The van der Waals surface area contributed by atoms with E-state index in [0.29, 0.717) is 16.8 Å². The maximum Gasteiger partial charge on any atom is 0.270 e. The Labute approximate surface area is 251 Å². The molecule has 5 unspecified atom stereocenters. The van der Waals surface area contributed by atoms with Crippen molar-refractivity contribution in [2.45, 2.75) is 31.0 Å². The zero-order valence-corrected chi connectivity index (χ0v) is 23.5.